The Morgan fingerprint density at radius 3 is 2.44 bits per heavy atom. The molecule has 1 heterocycles. The molecule has 0 aliphatic rings. The summed E-state index contributed by atoms with van der Waals surface area (Å²) in [6, 6.07) is 16.9. The van der Waals surface area contributed by atoms with Crippen molar-refractivity contribution in [3.63, 3.8) is 0 Å². The lowest BCUT2D eigenvalue weighted by atomic mass is 10.0. The van der Waals surface area contributed by atoms with Crippen molar-refractivity contribution in [1.29, 1.82) is 0 Å². The van der Waals surface area contributed by atoms with E-state index in [1.54, 1.807) is 6.08 Å². The van der Waals surface area contributed by atoms with Gasteiger partial charge in [-0.2, -0.15) is 0 Å². The van der Waals surface area contributed by atoms with Crippen LogP contribution in [-0.4, -0.2) is 32.3 Å². The van der Waals surface area contributed by atoms with Crippen LogP contribution in [0.25, 0.3) is 0 Å². The van der Waals surface area contributed by atoms with Crippen molar-refractivity contribution in [2.45, 2.75) is 45.1 Å². The largest absolute Gasteiger partial charge is 0.351 e. The molecular weight excluding hydrogens is 446 g/mol. The van der Waals surface area contributed by atoms with Crippen molar-refractivity contribution in [3.8, 4) is 0 Å². The van der Waals surface area contributed by atoms with Crippen LogP contribution in [0.4, 0.5) is 0 Å². The molecule has 0 spiro atoms. The zero-order valence-electron chi connectivity index (χ0n) is 19.8. The van der Waals surface area contributed by atoms with E-state index in [0.717, 1.165) is 11.1 Å². The van der Waals surface area contributed by atoms with Crippen LogP contribution in [-0.2, 0) is 17.9 Å². The second-order valence-electron chi connectivity index (χ2n) is 8.35. The quantitative estimate of drug-likeness (QED) is 0.317. The summed E-state index contributed by atoms with van der Waals surface area (Å²) in [4.78, 5) is 25.2. The highest BCUT2D eigenvalue weighted by molar-refractivity contribution is 7.99. The topological polar surface area (TPSA) is 88.9 Å². The van der Waals surface area contributed by atoms with E-state index < -0.39 is 0 Å². The highest BCUT2D eigenvalue weighted by Crippen LogP contribution is 2.25. The van der Waals surface area contributed by atoms with Gasteiger partial charge in [0.2, 0.25) is 5.91 Å². The fourth-order valence-corrected chi connectivity index (χ4v) is 4.16. The summed E-state index contributed by atoms with van der Waals surface area (Å²) in [6.07, 6.45) is 1.76. The van der Waals surface area contributed by atoms with Gasteiger partial charge >= 0.3 is 0 Å². The number of aromatic nitrogens is 3. The number of carbonyl (C=O) groups is 2. The fourth-order valence-electron chi connectivity index (χ4n) is 3.37. The molecule has 34 heavy (non-hydrogen) atoms. The molecule has 2 amide bonds. The molecule has 0 aliphatic heterocycles. The predicted molar refractivity (Wildman–Crippen MR) is 135 cm³/mol. The van der Waals surface area contributed by atoms with Crippen molar-refractivity contribution in [3.05, 3.63) is 89.8 Å². The summed E-state index contributed by atoms with van der Waals surface area (Å²) in [5.41, 5.74) is 2.73. The maximum atomic E-state index is 12.9. The molecule has 7 nitrogen and oxygen atoms in total. The van der Waals surface area contributed by atoms with E-state index in [-0.39, 0.29) is 29.5 Å². The molecule has 1 atom stereocenters. The first-order valence-electron chi connectivity index (χ1n) is 11.2. The lowest BCUT2D eigenvalue weighted by Crippen LogP contribution is -2.33. The molecule has 0 bridgehead atoms. The number of thioether (sulfide) groups is 1. The van der Waals surface area contributed by atoms with Crippen LogP contribution in [0.15, 0.2) is 72.4 Å². The maximum Gasteiger partial charge on any atom is 0.251 e. The van der Waals surface area contributed by atoms with Crippen LogP contribution in [0, 0.1) is 12.8 Å². The lowest BCUT2D eigenvalue weighted by molar-refractivity contribution is -0.118. The van der Waals surface area contributed by atoms with Crippen LogP contribution in [0.2, 0.25) is 0 Å². The summed E-state index contributed by atoms with van der Waals surface area (Å²) < 4.78 is 1.90. The molecule has 0 saturated carbocycles. The Kier molecular flexibility index (Phi) is 9.04. The highest BCUT2D eigenvalue weighted by atomic mass is 32.2. The van der Waals surface area contributed by atoms with Crippen LogP contribution in [0.3, 0.4) is 0 Å². The van der Waals surface area contributed by atoms with Gasteiger partial charge in [0.25, 0.3) is 5.91 Å². The Labute approximate surface area is 205 Å². The first-order valence-corrected chi connectivity index (χ1v) is 12.2. The zero-order chi connectivity index (χ0) is 24.5. The van der Waals surface area contributed by atoms with Gasteiger partial charge in [-0.3, -0.25) is 9.59 Å². The molecule has 0 radical (unpaired) electrons. The van der Waals surface area contributed by atoms with E-state index >= 15 is 0 Å². The Morgan fingerprint density at radius 1 is 1.09 bits per heavy atom. The van der Waals surface area contributed by atoms with Crippen molar-refractivity contribution in [2.75, 3.05) is 5.75 Å². The van der Waals surface area contributed by atoms with E-state index in [4.69, 9.17) is 0 Å². The Bertz CT molecular complexity index is 1110. The lowest BCUT2D eigenvalue weighted by Gasteiger charge is -2.22. The molecule has 0 aliphatic carbocycles. The van der Waals surface area contributed by atoms with E-state index in [2.05, 4.69) is 27.4 Å². The number of hydrogen-bond acceptors (Lipinski definition) is 5. The first-order chi connectivity index (χ1) is 16.4. The van der Waals surface area contributed by atoms with E-state index in [1.807, 2.05) is 79.9 Å². The average Bonchev–Trinajstić information content (AvgIpc) is 3.23. The van der Waals surface area contributed by atoms with Gasteiger partial charge in [0, 0.05) is 18.7 Å². The maximum absolute atomic E-state index is 12.9. The zero-order valence-corrected chi connectivity index (χ0v) is 20.6. The van der Waals surface area contributed by atoms with Crippen molar-refractivity contribution in [2.24, 2.45) is 5.92 Å². The van der Waals surface area contributed by atoms with Gasteiger partial charge in [-0.05, 0) is 30.5 Å². The van der Waals surface area contributed by atoms with Crippen LogP contribution >= 0.6 is 11.8 Å². The molecule has 1 unspecified atom stereocenters. The third kappa shape index (κ3) is 6.81. The first kappa shape index (κ1) is 25.2. The van der Waals surface area contributed by atoms with E-state index in [1.165, 1.54) is 11.8 Å². The second-order valence-corrected chi connectivity index (χ2v) is 9.29. The van der Waals surface area contributed by atoms with Crippen molar-refractivity contribution in [1.82, 2.24) is 25.4 Å². The SMILES string of the molecule is C=CCn1c(SCC(=O)NCc2ccccc2)nnc1C(NC(=O)c1ccc(C)cc1)C(C)C. The summed E-state index contributed by atoms with van der Waals surface area (Å²) in [7, 11) is 0. The fraction of sp³-hybridized carbons (Fsp3) is 0.308. The van der Waals surface area contributed by atoms with Crippen LogP contribution in [0.5, 0.6) is 0 Å². The Balaban J connectivity index is 1.70. The number of nitrogens with one attached hydrogen (secondary N) is 2. The standard InChI is InChI=1S/C26H31N5O2S/c1-5-15-31-24(23(18(2)3)28-25(33)21-13-11-19(4)12-14-21)29-30-26(31)34-17-22(32)27-16-20-9-7-6-8-10-20/h5-14,18,23H,1,15-17H2,2-4H3,(H,27,32)(H,28,33). The second kappa shape index (κ2) is 12.2. The molecule has 0 fully saturated rings. The number of allylic oxidation sites excluding steroid dienone is 1. The number of hydrogen-bond donors (Lipinski definition) is 2. The summed E-state index contributed by atoms with van der Waals surface area (Å²) >= 11 is 1.31. The van der Waals surface area contributed by atoms with Gasteiger partial charge in [-0.25, -0.2) is 0 Å². The van der Waals surface area contributed by atoms with Gasteiger partial charge in [0.05, 0.1) is 11.8 Å². The number of benzene rings is 2. The Hall–Kier alpha value is -3.39. The minimum absolute atomic E-state index is 0.0779. The van der Waals surface area contributed by atoms with E-state index in [9.17, 15) is 9.59 Å². The van der Waals surface area contributed by atoms with Gasteiger partial charge in [0.1, 0.15) is 0 Å². The van der Waals surface area contributed by atoms with Crippen molar-refractivity contribution < 1.29 is 9.59 Å². The minimum atomic E-state index is -0.345. The monoisotopic (exact) mass is 477 g/mol. The van der Waals surface area contributed by atoms with Gasteiger partial charge in [-0.1, -0.05) is 79.7 Å². The van der Waals surface area contributed by atoms with Crippen molar-refractivity contribution >= 4 is 23.6 Å². The number of carbonyl (C=O) groups excluding carboxylic acids is 2. The number of amides is 2. The summed E-state index contributed by atoms with van der Waals surface area (Å²) in [5, 5.41) is 15.3. The number of rotatable bonds is 11. The molecule has 2 N–H and O–H groups in total. The molecule has 3 aromatic rings. The van der Waals surface area contributed by atoms with E-state index in [0.29, 0.717) is 29.6 Å². The van der Waals surface area contributed by atoms with Crippen LogP contribution in [0.1, 0.15) is 47.2 Å². The van der Waals surface area contributed by atoms with Gasteiger partial charge < -0.3 is 15.2 Å². The molecule has 1 aromatic heterocycles. The molecule has 178 valence electrons. The predicted octanol–water partition coefficient (Wildman–Crippen LogP) is 4.31. The Morgan fingerprint density at radius 2 is 1.79 bits per heavy atom. The van der Waals surface area contributed by atoms with Crippen LogP contribution < -0.4 is 10.6 Å². The molecule has 0 saturated heterocycles. The van der Waals surface area contributed by atoms with Gasteiger partial charge in [-0.15, -0.1) is 16.8 Å². The number of nitrogens with zero attached hydrogens (tertiary/aromatic N) is 3. The molecule has 3 rings (SSSR count). The third-order valence-corrected chi connectivity index (χ3v) is 6.23. The average molecular weight is 478 g/mol. The summed E-state index contributed by atoms with van der Waals surface area (Å²) in [5.74, 6) is 0.680. The number of aryl methyl sites for hydroxylation is 1. The highest BCUT2D eigenvalue weighted by Gasteiger charge is 2.26. The third-order valence-electron chi connectivity index (χ3n) is 5.27. The molecular formula is C26H31N5O2S. The summed E-state index contributed by atoms with van der Waals surface area (Å²) in [6.45, 7) is 10.8. The molecule has 8 heteroatoms. The molecule has 2 aromatic carbocycles. The van der Waals surface area contributed by atoms with Gasteiger partial charge in [0.15, 0.2) is 11.0 Å². The minimum Gasteiger partial charge on any atom is -0.351 e. The smallest absolute Gasteiger partial charge is 0.251 e. The normalized spacial score (nSPS) is 11.8.